The fourth-order valence-electron chi connectivity index (χ4n) is 3.05. The van der Waals surface area contributed by atoms with Crippen molar-refractivity contribution < 1.29 is 19.1 Å². The number of carbonyl (C=O) groups excluding carboxylic acids is 2. The standard InChI is InChI=1S/C20H14ClN3O4S/c1-27-18-8-15-13(6-11(18)10-25)17(4-5-22-15)28-12-2-3-16(14(21)7-12)24-19(26)9-23-20(24)29/h2-8,10H,9H2,1H3,(H,23,29). The molecule has 3 aromatic rings. The van der Waals surface area contributed by atoms with E-state index in [0.29, 0.717) is 55.8 Å². The molecule has 0 radical (unpaired) electrons. The number of anilines is 1. The highest BCUT2D eigenvalue weighted by molar-refractivity contribution is 7.80. The summed E-state index contributed by atoms with van der Waals surface area (Å²) in [5.41, 5.74) is 1.48. The third-order valence-electron chi connectivity index (χ3n) is 4.41. The fraction of sp³-hybridized carbons (Fsp3) is 0.100. The molecule has 0 unspecified atom stereocenters. The second kappa shape index (κ2) is 7.65. The van der Waals surface area contributed by atoms with Crippen molar-refractivity contribution in [2.75, 3.05) is 18.6 Å². The first-order valence-corrected chi connectivity index (χ1v) is 9.30. The van der Waals surface area contributed by atoms with Crippen LogP contribution in [0.4, 0.5) is 5.69 Å². The van der Waals surface area contributed by atoms with E-state index in [1.165, 1.54) is 12.0 Å². The molecule has 0 bridgehead atoms. The summed E-state index contributed by atoms with van der Waals surface area (Å²) in [6, 6.07) is 9.97. The first-order valence-electron chi connectivity index (χ1n) is 8.52. The van der Waals surface area contributed by atoms with Crippen LogP contribution in [-0.2, 0) is 4.79 Å². The topological polar surface area (TPSA) is 80.8 Å². The molecule has 1 N–H and O–H groups in total. The monoisotopic (exact) mass is 427 g/mol. The minimum Gasteiger partial charge on any atom is -0.496 e. The number of pyridine rings is 1. The van der Waals surface area contributed by atoms with Gasteiger partial charge in [-0.25, -0.2) is 0 Å². The van der Waals surface area contributed by atoms with Crippen molar-refractivity contribution in [3.05, 3.63) is 53.2 Å². The second-order valence-corrected chi connectivity index (χ2v) is 6.94. The van der Waals surface area contributed by atoms with Gasteiger partial charge in [0.1, 0.15) is 17.2 Å². The van der Waals surface area contributed by atoms with Crippen LogP contribution in [-0.4, -0.2) is 35.9 Å². The molecule has 4 rings (SSSR count). The van der Waals surface area contributed by atoms with E-state index in [1.807, 2.05) is 0 Å². The molecular weight excluding hydrogens is 414 g/mol. The van der Waals surface area contributed by atoms with Gasteiger partial charge >= 0.3 is 0 Å². The summed E-state index contributed by atoms with van der Waals surface area (Å²) in [4.78, 5) is 29.0. The molecule has 1 saturated heterocycles. The molecule has 1 fully saturated rings. The largest absolute Gasteiger partial charge is 0.496 e. The lowest BCUT2D eigenvalue weighted by Gasteiger charge is -2.17. The lowest BCUT2D eigenvalue weighted by Crippen LogP contribution is -2.30. The summed E-state index contributed by atoms with van der Waals surface area (Å²) in [6.07, 6.45) is 2.31. The van der Waals surface area contributed by atoms with Crippen LogP contribution in [0.1, 0.15) is 10.4 Å². The Morgan fingerprint density at radius 2 is 2.07 bits per heavy atom. The Kier molecular flexibility index (Phi) is 5.04. The van der Waals surface area contributed by atoms with Crippen molar-refractivity contribution in [2.24, 2.45) is 0 Å². The summed E-state index contributed by atoms with van der Waals surface area (Å²) >= 11 is 11.5. The minimum absolute atomic E-state index is 0.138. The van der Waals surface area contributed by atoms with E-state index in [0.717, 1.165) is 0 Å². The average molecular weight is 428 g/mol. The maximum Gasteiger partial charge on any atom is 0.252 e. The maximum atomic E-state index is 12.0. The number of halogens is 1. The van der Waals surface area contributed by atoms with Crippen molar-refractivity contribution in [2.45, 2.75) is 0 Å². The number of aromatic nitrogens is 1. The smallest absolute Gasteiger partial charge is 0.252 e. The number of benzene rings is 2. The number of ether oxygens (including phenoxy) is 2. The number of nitrogens with one attached hydrogen (secondary N) is 1. The quantitative estimate of drug-likeness (QED) is 0.491. The lowest BCUT2D eigenvalue weighted by molar-refractivity contribution is -0.115. The van der Waals surface area contributed by atoms with E-state index < -0.39 is 0 Å². The molecule has 1 aromatic heterocycles. The molecular formula is C20H14ClN3O4S. The summed E-state index contributed by atoms with van der Waals surface area (Å²) in [5, 5.41) is 4.08. The van der Waals surface area contributed by atoms with Gasteiger partial charge in [-0.05, 0) is 36.5 Å². The number of hydrogen-bond donors (Lipinski definition) is 1. The predicted octanol–water partition coefficient (Wildman–Crippen LogP) is 3.72. The van der Waals surface area contributed by atoms with Gasteiger partial charge in [0.25, 0.3) is 5.91 Å². The number of nitrogens with zero attached hydrogens (tertiary/aromatic N) is 2. The van der Waals surface area contributed by atoms with Crippen LogP contribution >= 0.6 is 23.8 Å². The third-order valence-corrected chi connectivity index (χ3v) is 5.04. The molecule has 146 valence electrons. The molecule has 1 amide bonds. The van der Waals surface area contributed by atoms with Gasteiger partial charge in [0, 0.05) is 23.7 Å². The van der Waals surface area contributed by atoms with Gasteiger partial charge in [-0.15, -0.1) is 0 Å². The first kappa shape index (κ1) is 19.1. The van der Waals surface area contributed by atoms with Gasteiger partial charge < -0.3 is 14.8 Å². The van der Waals surface area contributed by atoms with Crippen molar-refractivity contribution in [1.29, 1.82) is 0 Å². The molecule has 0 aliphatic carbocycles. The Morgan fingerprint density at radius 1 is 1.24 bits per heavy atom. The van der Waals surface area contributed by atoms with Gasteiger partial charge in [-0.2, -0.15) is 0 Å². The number of amides is 1. The molecule has 2 heterocycles. The van der Waals surface area contributed by atoms with E-state index in [9.17, 15) is 9.59 Å². The Labute approximate surface area is 176 Å². The van der Waals surface area contributed by atoms with Crippen LogP contribution in [0.5, 0.6) is 17.2 Å². The zero-order chi connectivity index (χ0) is 20.5. The Balaban J connectivity index is 1.70. The minimum atomic E-state index is -0.180. The fourth-order valence-corrected chi connectivity index (χ4v) is 3.58. The molecule has 7 nitrogen and oxygen atoms in total. The summed E-state index contributed by atoms with van der Waals surface area (Å²) in [5.74, 6) is 1.21. The summed E-state index contributed by atoms with van der Waals surface area (Å²) in [7, 11) is 1.49. The highest BCUT2D eigenvalue weighted by Crippen LogP contribution is 2.36. The Morgan fingerprint density at radius 3 is 2.72 bits per heavy atom. The van der Waals surface area contributed by atoms with E-state index in [2.05, 4.69) is 10.3 Å². The van der Waals surface area contributed by atoms with Crippen LogP contribution in [0.2, 0.25) is 5.02 Å². The summed E-state index contributed by atoms with van der Waals surface area (Å²) in [6.45, 7) is 0.138. The van der Waals surface area contributed by atoms with Gasteiger partial charge in [-0.1, -0.05) is 11.6 Å². The van der Waals surface area contributed by atoms with E-state index in [1.54, 1.807) is 42.6 Å². The molecule has 0 spiro atoms. The van der Waals surface area contributed by atoms with Crippen molar-refractivity contribution >= 4 is 57.7 Å². The lowest BCUT2D eigenvalue weighted by atomic mass is 10.1. The number of hydrogen-bond acceptors (Lipinski definition) is 6. The van der Waals surface area contributed by atoms with Crippen molar-refractivity contribution in [1.82, 2.24) is 10.3 Å². The number of fused-ring (bicyclic) bond motifs is 1. The molecule has 29 heavy (non-hydrogen) atoms. The number of thiocarbonyl (C=S) groups is 1. The summed E-state index contributed by atoms with van der Waals surface area (Å²) < 4.78 is 11.2. The molecule has 1 aliphatic rings. The van der Waals surface area contributed by atoms with Crippen molar-refractivity contribution in [3.8, 4) is 17.2 Å². The van der Waals surface area contributed by atoms with Crippen LogP contribution in [0.25, 0.3) is 10.9 Å². The van der Waals surface area contributed by atoms with Crippen LogP contribution in [0, 0.1) is 0 Å². The molecule has 1 aliphatic heterocycles. The zero-order valence-corrected chi connectivity index (χ0v) is 16.7. The Bertz CT molecular complexity index is 1150. The number of rotatable bonds is 5. The van der Waals surface area contributed by atoms with Crippen LogP contribution in [0.15, 0.2) is 42.6 Å². The highest BCUT2D eigenvalue weighted by Gasteiger charge is 2.28. The Hall–Kier alpha value is -3.23. The van der Waals surface area contributed by atoms with Crippen LogP contribution in [0.3, 0.4) is 0 Å². The molecule has 0 saturated carbocycles. The predicted molar refractivity (Wildman–Crippen MR) is 113 cm³/mol. The highest BCUT2D eigenvalue weighted by atomic mass is 35.5. The first-order chi connectivity index (χ1) is 14.0. The SMILES string of the molecule is COc1cc2nccc(Oc3ccc(N4C(=O)CNC4=S)c(Cl)c3)c2cc1C=O. The molecule has 9 heteroatoms. The number of methoxy groups -OCH3 is 1. The van der Waals surface area contributed by atoms with Gasteiger partial charge in [-0.3, -0.25) is 19.5 Å². The number of carbonyl (C=O) groups is 2. The number of aldehydes is 1. The van der Waals surface area contributed by atoms with Gasteiger partial charge in [0.15, 0.2) is 11.4 Å². The van der Waals surface area contributed by atoms with E-state index in [4.69, 9.17) is 33.3 Å². The normalized spacial score (nSPS) is 13.5. The van der Waals surface area contributed by atoms with E-state index in [-0.39, 0.29) is 12.5 Å². The molecule has 0 atom stereocenters. The zero-order valence-electron chi connectivity index (χ0n) is 15.1. The van der Waals surface area contributed by atoms with Gasteiger partial charge in [0.05, 0.1) is 35.4 Å². The van der Waals surface area contributed by atoms with Gasteiger partial charge in [0.2, 0.25) is 0 Å². The van der Waals surface area contributed by atoms with Crippen molar-refractivity contribution in [3.63, 3.8) is 0 Å². The molecule has 2 aromatic carbocycles. The maximum absolute atomic E-state index is 12.0. The second-order valence-electron chi connectivity index (χ2n) is 6.14. The third kappa shape index (κ3) is 3.48. The van der Waals surface area contributed by atoms with Crippen LogP contribution < -0.4 is 19.7 Å². The van der Waals surface area contributed by atoms with E-state index >= 15 is 0 Å². The average Bonchev–Trinajstić information content (AvgIpc) is 3.05.